The zero-order valence-corrected chi connectivity index (χ0v) is 11.7. The van der Waals surface area contributed by atoms with E-state index in [0.29, 0.717) is 11.7 Å². The molecule has 0 bridgehead atoms. The number of anilines is 1. The molecule has 1 fully saturated rings. The Morgan fingerprint density at radius 3 is 3.05 bits per heavy atom. The highest BCUT2D eigenvalue weighted by Gasteiger charge is 2.24. The molecule has 1 aromatic rings. The summed E-state index contributed by atoms with van der Waals surface area (Å²) < 4.78 is 0. The number of hydrogen-bond acceptors (Lipinski definition) is 4. The molecule has 1 aliphatic rings. The van der Waals surface area contributed by atoms with Crippen LogP contribution in [0.2, 0.25) is 5.02 Å². The van der Waals surface area contributed by atoms with Gasteiger partial charge in [-0.05, 0) is 18.8 Å². The molecular formula is C13H18ClN3O2. The van der Waals surface area contributed by atoms with Gasteiger partial charge < -0.3 is 5.32 Å². The van der Waals surface area contributed by atoms with Crippen LogP contribution in [-0.2, 0) is 0 Å². The molecule has 1 N–H and O–H groups in total. The molecule has 6 heteroatoms. The van der Waals surface area contributed by atoms with E-state index in [4.69, 9.17) is 11.6 Å². The van der Waals surface area contributed by atoms with E-state index in [1.54, 1.807) is 0 Å². The number of nitrogens with zero attached hydrogens (tertiary/aromatic N) is 2. The van der Waals surface area contributed by atoms with E-state index >= 15 is 0 Å². The predicted molar refractivity (Wildman–Crippen MR) is 75.6 cm³/mol. The van der Waals surface area contributed by atoms with Crippen LogP contribution < -0.4 is 5.32 Å². The second-order valence-corrected chi connectivity index (χ2v) is 5.50. The lowest BCUT2D eigenvalue weighted by atomic mass is 9.84. The predicted octanol–water partition coefficient (Wildman–Crippen LogP) is 4.02. The maximum atomic E-state index is 11.0. The minimum Gasteiger partial charge on any atom is -0.362 e. The van der Waals surface area contributed by atoms with E-state index < -0.39 is 4.92 Å². The Labute approximate surface area is 117 Å². The van der Waals surface area contributed by atoms with Crippen LogP contribution in [-0.4, -0.2) is 15.9 Å². The Bertz CT molecular complexity index is 467. The van der Waals surface area contributed by atoms with E-state index in [2.05, 4.69) is 17.2 Å². The summed E-state index contributed by atoms with van der Waals surface area (Å²) in [6, 6.07) is 1.61. The third kappa shape index (κ3) is 3.56. The number of nitrogens with one attached hydrogen (secondary N) is 1. The van der Waals surface area contributed by atoms with Gasteiger partial charge in [0.1, 0.15) is 0 Å². The molecule has 104 valence electrons. The first kappa shape index (κ1) is 14.1. The van der Waals surface area contributed by atoms with Crippen LogP contribution in [0.1, 0.15) is 39.0 Å². The number of rotatable bonds is 4. The number of halogens is 1. The Balaban J connectivity index is 2.12. The summed E-state index contributed by atoms with van der Waals surface area (Å²) in [6.07, 6.45) is 7.11. The topological polar surface area (TPSA) is 68.1 Å². The van der Waals surface area contributed by atoms with Crippen LogP contribution in [0.25, 0.3) is 0 Å². The van der Waals surface area contributed by atoms with Crippen molar-refractivity contribution in [2.24, 2.45) is 5.92 Å². The van der Waals surface area contributed by atoms with Gasteiger partial charge in [0.25, 0.3) is 0 Å². The molecule has 2 rings (SSSR count). The maximum absolute atomic E-state index is 11.0. The van der Waals surface area contributed by atoms with Gasteiger partial charge in [-0.2, -0.15) is 0 Å². The summed E-state index contributed by atoms with van der Waals surface area (Å²) in [4.78, 5) is 14.6. The highest BCUT2D eigenvalue weighted by molar-refractivity contribution is 6.30. The average Bonchev–Trinajstić information content (AvgIpc) is 2.41. The first-order valence-corrected chi connectivity index (χ1v) is 7.04. The maximum Gasteiger partial charge on any atom is 0.312 e. The van der Waals surface area contributed by atoms with Crippen LogP contribution in [0.15, 0.2) is 12.3 Å². The summed E-state index contributed by atoms with van der Waals surface area (Å²) in [5, 5.41) is 14.5. The molecule has 0 aromatic carbocycles. The SMILES string of the molecule is CCC1CCCC(Nc2ncc(Cl)cc2[N+](=O)[O-])C1. The van der Waals surface area contributed by atoms with Crippen molar-refractivity contribution in [3.05, 3.63) is 27.4 Å². The molecule has 0 spiro atoms. The van der Waals surface area contributed by atoms with Gasteiger partial charge in [0.05, 0.1) is 9.95 Å². The molecular weight excluding hydrogens is 266 g/mol. The van der Waals surface area contributed by atoms with E-state index in [9.17, 15) is 10.1 Å². The first-order valence-electron chi connectivity index (χ1n) is 6.66. The zero-order chi connectivity index (χ0) is 13.8. The van der Waals surface area contributed by atoms with Gasteiger partial charge in [-0.15, -0.1) is 0 Å². The number of pyridine rings is 1. The molecule has 0 amide bonds. The van der Waals surface area contributed by atoms with Crippen molar-refractivity contribution in [1.82, 2.24) is 4.98 Å². The van der Waals surface area contributed by atoms with Gasteiger partial charge in [-0.25, -0.2) is 4.98 Å². The second kappa shape index (κ2) is 6.19. The highest BCUT2D eigenvalue weighted by atomic mass is 35.5. The first-order chi connectivity index (χ1) is 9.10. The molecule has 2 atom stereocenters. The molecule has 19 heavy (non-hydrogen) atoms. The highest BCUT2D eigenvalue weighted by Crippen LogP contribution is 2.31. The van der Waals surface area contributed by atoms with Crippen molar-refractivity contribution in [1.29, 1.82) is 0 Å². The van der Waals surface area contributed by atoms with Crippen LogP contribution in [0.5, 0.6) is 0 Å². The van der Waals surface area contributed by atoms with E-state index in [1.165, 1.54) is 18.7 Å². The molecule has 1 aliphatic carbocycles. The fourth-order valence-corrected chi connectivity index (χ4v) is 2.82. The molecule has 0 saturated heterocycles. The molecule has 2 unspecified atom stereocenters. The van der Waals surface area contributed by atoms with E-state index in [1.807, 2.05) is 0 Å². The van der Waals surface area contributed by atoms with Gasteiger partial charge in [0.2, 0.25) is 5.82 Å². The van der Waals surface area contributed by atoms with Crippen molar-refractivity contribution >= 4 is 23.1 Å². The average molecular weight is 284 g/mol. The molecule has 0 radical (unpaired) electrons. The lowest BCUT2D eigenvalue weighted by Crippen LogP contribution is -2.27. The van der Waals surface area contributed by atoms with Gasteiger partial charge in [-0.3, -0.25) is 10.1 Å². The van der Waals surface area contributed by atoms with Crippen LogP contribution >= 0.6 is 11.6 Å². The van der Waals surface area contributed by atoms with Crippen molar-refractivity contribution < 1.29 is 4.92 Å². The van der Waals surface area contributed by atoms with Gasteiger partial charge in [0.15, 0.2) is 0 Å². The fourth-order valence-electron chi connectivity index (χ4n) is 2.67. The largest absolute Gasteiger partial charge is 0.362 e. The number of aromatic nitrogens is 1. The zero-order valence-electron chi connectivity index (χ0n) is 10.9. The monoisotopic (exact) mass is 283 g/mol. The molecule has 1 heterocycles. The number of hydrogen-bond donors (Lipinski definition) is 1. The summed E-state index contributed by atoms with van der Waals surface area (Å²) in [5.74, 6) is 1.04. The fraction of sp³-hybridized carbons (Fsp3) is 0.615. The van der Waals surface area contributed by atoms with E-state index in [-0.39, 0.29) is 16.8 Å². The van der Waals surface area contributed by atoms with Crippen molar-refractivity contribution in [2.45, 2.75) is 45.1 Å². The van der Waals surface area contributed by atoms with Gasteiger partial charge in [-0.1, -0.05) is 37.8 Å². The van der Waals surface area contributed by atoms with E-state index in [0.717, 1.165) is 25.7 Å². The minimum atomic E-state index is -0.443. The Hall–Kier alpha value is -1.36. The molecule has 1 aromatic heterocycles. The van der Waals surface area contributed by atoms with Crippen LogP contribution in [0, 0.1) is 16.0 Å². The number of nitro groups is 1. The third-order valence-electron chi connectivity index (χ3n) is 3.73. The summed E-state index contributed by atoms with van der Waals surface area (Å²) in [5.41, 5.74) is -0.0499. The van der Waals surface area contributed by atoms with Crippen LogP contribution in [0.4, 0.5) is 11.5 Å². The molecule has 0 aliphatic heterocycles. The lowest BCUT2D eigenvalue weighted by Gasteiger charge is -2.29. The Morgan fingerprint density at radius 1 is 1.58 bits per heavy atom. The minimum absolute atomic E-state index is 0.0499. The smallest absolute Gasteiger partial charge is 0.312 e. The second-order valence-electron chi connectivity index (χ2n) is 5.06. The molecule has 1 saturated carbocycles. The van der Waals surface area contributed by atoms with Crippen molar-refractivity contribution in [2.75, 3.05) is 5.32 Å². The third-order valence-corrected chi connectivity index (χ3v) is 3.94. The van der Waals surface area contributed by atoms with Gasteiger partial charge >= 0.3 is 5.69 Å². The normalized spacial score (nSPS) is 23.1. The van der Waals surface area contributed by atoms with Crippen LogP contribution in [0.3, 0.4) is 0 Å². The molecule has 5 nitrogen and oxygen atoms in total. The summed E-state index contributed by atoms with van der Waals surface area (Å²) in [7, 11) is 0. The van der Waals surface area contributed by atoms with Crippen molar-refractivity contribution in [3.63, 3.8) is 0 Å². The van der Waals surface area contributed by atoms with Gasteiger partial charge in [0, 0.05) is 18.3 Å². The summed E-state index contributed by atoms with van der Waals surface area (Å²) in [6.45, 7) is 2.19. The Kier molecular flexibility index (Phi) is 4.58. The standard InChI is InChI=1S/C13H18ClN3O2/c1-2-9-4-3-5-11(6-9)16-13-12(17(18)19)7-10(14)8-15-13/h7-9,11H,2-6H2,1H3,(H,15,16). The summed E-state index contributed by atoms with van der Waals surface area (Å²) >= 11 is 5.75. The lowest BCUT2D eigenvalue weighted by molar-refractivity contribution is -0.384. The van der Waals surface area contributed by atoms with Crippen molar-refractivity contribution in [3.8, 4) is 0 Å². The quantitative estimate of drug-likeness (QED) is 0.669. The Morgan fingerprint density at radius 2 is 2.37 bits per heavy atom.